The van der Waals surface area contributed by atoms with Gasteiger partial charge in [-0.25, -0.2) is 4.39 Å². The minimum atomic E-state index is -0.414. The normalized spacial score (nSPS) is 12.3. The van der Waals surface area contributed by atoms with Crippen molar-refractivity contribution in [1.29, 1.82) is 0 Å². The highest BCUT2D eigenvalue weighted by Gasteiger charge is 2.10. The van der Waals surface area contributed by atoms with Crippen molar-refractivity contribution in [1.82, 2.24) is 0 Å². The quantitative estimate of drug-likeness (QED) is 0.698. The van der Waals surface area contributed by atoms with Gasteiger partial charge in [0.05, 0.1) is 5.02 Å². The van der Waals surface area contributed by atoms with Crippen LogP contribution in [0.2, 0.25) is 10.0 Å². The molecule has 2 rings (SSSR count). The number of hydrogen-bond donors (Lipinski definition) is 1. The second-order valence-electron chi connectivity index (χ2n) is 4.16. The Kier molecular flexibility index (Phi) is 4.71. The van der Waals surface area contributed by atoms with Gasteiger partial charge in [0.25, 0.3) is 0 Å². The molecule has 0 radical (unpaired) electrons. The van der Waals surface area contributed by atoms with E-state index in [9.17, 15) is 4.39 Å². The lowest BCUT2D eigenvalue weighted by atomic mass is 10.1. The van der Waals surface area contributed by atoms with E-state index in [2.05, 4.69) is 21.2 Å². The van der Waals surface area contributed by atoms with Crippen LogP contribution in [0.15, 0.2) is 40.9 Å². The first-order valence-corrected chi connectivity index (χ1v) is 7.19. The highest BCUT2D eigenvalue weighted by molar-refractivity contribution is 9.10. The predicted molar refractivity (Wildman–Crippen MR) is 82.6 cm³/mol. The molecule has 0 aromatic heterocycles. The molecule has 0 spiro atoms. The van der Waals surface area contributed by atoms with E-state index in [0.29, 0.717) is 5.02 Å². The molecule has 1 N–H and O–H groups in total. The largest absolute Gasteiger partial charge is 0.378 e. The van der Waals surface area contributed by atoms with E-state index in [1.807, 2.05) is 13.0 Å². The smallest absolute Gasteiger partial charge is 0.142 e. The van der Waals surface area contributed by atoms with Crippen molar-refractivity contribution in [2.75, 3.05) is 5.32 Å². The molecule has 0 amide bonds. The van der Waals surface area contributed by atoms with Crippen molar-refractivity contribution in [2.24, 2.45) is 0 Å². The number of nitrogens with one attached hydrogen (secondary N) is 1. The first kappa shape index (κ1) is 14.6. The maximum atomic E-state index is 13.4. The summed E-state index contributed by atoms with van der Waals surface area (Å²) in [5, 5.41) is 4.07. The van der Waals surface area contributed by atoms with Gasteiger partial charge < -0.3 is 5.32 Å². The third kappa shape index (κ3) is 3.62. The summed E-state index contributed by atoms with van der Waals surface area (Å²) in [6.45, 7) is 1.95. The Morgan fingerprint density at radius 1 is 1.16 bits per heavy atom. The zero-order chi connectivity index (χ0) is 14.0. The Balaban J connectivity index is 2.20. The summed E-state index contributed by atoms with van der Waals surface area (Å²) < 4.78 is 14.3. The van der Waals surface area contributed by atoms with Crippen LogP contribution in [0, 0.1) is 5.82 Å². The molecule has 0 aliphatic rings. The minimum absolute atomic E-state index is 0.0516. The minimum Gasteiger partial charge on any atom is -0.378 e. The van der Waals surface area contributed by atoms with Gasteiger partial charge in [-0.15, -0.1) is 0 Å². The van der Waals surface area contributed by atoms with Crippen LogP contribution in [0.25, 0.3) is 0 Å². The molecule has 0 aliphatic carbocycles. The van der Waals surface area contributed by atoms with Crippen LogP contribution < -0.4 is 5.32 Å². The van der Waals surface area contributed by atoms with Crippen molar-refractivity contribution in [3.63, 3.8) is 0 Å². The van der Waals surface area contributed by atoms with Crippen LogP contribution in [0.4, 0.5) is 10.1 Å². The monoisotopic (exact) mass is 361 g/mol. The molecule has 100 valence electrons. The topological polar surface area (TPSA) is 12.0 Å². The van der Waals surface area contributed by atoms with Crippen LogP contribution >= 0.6 is 39.1 Å². The molecule has 2 aromatic rings. The fourth-order valence-electron chi connectivity index (χ4n) is 1.70. The molecule has 0 heterocycles. The molecule has 0 saturated heterocycles. The number of anilines is 1. The van der Waals surface area contributed by atoms with Gasteiger partial charge in [0, 0.05) is 21.2 Å². The molecular weight excluding hydrogens is 352 g/mol. The van der Waals surface area contributed by atoms with Gasteiger partial charge in [-0.05, 0) is 58.7 Å². The number of hydrogen-bond acceptors (Lipinski definition) is 1. The van der Waals surface area contributed by atoms with Crippen LogP contribution in [0.5, 0.6) is 0 Å². The molecule has 19 heavy (non-hydrogen) atoms. The molecule has 1 atom stereocenters. The van der Waals surface area contributed by atoms with Crippen LogP contribution in [-0.4, -0.2) is 0 Å². The average Bonchev–Trinajstić information content (AvgIpc) is 2.36. The van der Waals surface area contributed by atoms with Crippen molar-refractivity contribution in [2.45, 2.75) is 13.0 Å². The van der Waals surface area contributed by atoms with Gasteiger partial charge in [-0.1, -0.05) is 29.3 Å². The van der Waals surface area contributed by atoms with Gasteiger partial charge >= 0.3 is 0 Å². The van der Waals surface area contributed by atoms with Gasteiger partial charge in [-0.3, -0.25) is 0 Å². The van der Waals surface area contributed by atoms with Gasteiger partial charge in [0.2, 0.25) is 0 Å². The summed E-state index contributed by atoms with van der Waals surface area (Å²) >= 11 is 15.0. The molecule has 0 saturated carbocycles. The summed E-state index contributed by atoms with van der Waals surface area (Å²) in [6.07, 6.45) is 0. The fourth-order valence-corrected chi connectivity index (χ4v) is 2.62. The Morgan fingerprint density at radius 2 is 1.89 bits per heavy atom. The molecule has 2 aromatic carbocycles. The van der Waals surface area contributed by atoms with Crippen molar-refractivity contribution in [3.8, 4) is 0 Å². The van der Waals surface area contributed by atoms with Gasteiger partial charge in [0.15, 0.2) is 0 Å². The Labute approximate surface area is 129 Å². The van der Waals surface area contributed by atoms with Crippen molar-refractivity contribution in [3.05, 3.63) is 62.3 Å². The number of rotatable bonds is 3. The van der Waals surface area contributed by atoms with Gasteiger partial charge in [0.1, 0.15) is 5.82 Å². The van der Waals surface area contributed by atoms with Crippen LogP contribution in [-0.2, 0) is 0 Å². The van der Waals surface area contributed by atoms with E-state index in [1.54, 1.807) is 24.3 Å². The van der Waals surface area contributed by atoms with Crippen LogP contribution in [0.1, 0.15) is 18.5 Å². The molecule has 5 heteroatoms. The predicted octanol–water partition coefficient (Wildman–Crippen LogP) is 6.07. The zero-order valence-electron chi connectivity index (χ0n) is 10.1. The molecule has 0 aliphatic heterocycles. The fraction of sp³-hybridized carbons (Fsp3) is 0.143. The molecule has 1 nitrogen and oxygen atoms in total. The Bertz CT molecular complexity index is 604. The third-order valence-electron chi connectivity index (χ3n) is 2.75. The summed E-state index contributed by atoms with van der Waals surface area (Å²) in [7, 11) is 0. The maximum absolute atomic E-state index is 13.4. The lowest BCUT2D eigenvalue weighted by Gasteiger charge is -2.17. The Morgan fingerprint density at radius 3 is 2.53 bits per heavy atom. The standard InChI is InChI=1S/C14H11BrCl2FN/c1-8(9-2-4-12(17)13(18)6-9)19-14-5-3-10(16)7-11(14)15/h2-8,19H,1H3. The molecule has 0 fully saturated rings. The lowest BCUT2D eigenvalue weighted by Crippen LogP contribution is -2.07. The average molecular weight is 363 g/mol. The van der Waals surface area contributed by atoms with E-state index in [-0.39, 0.29) is 11.1 Å². The first-order chi connectivity index (χ1) is 8.97. The second-order valence-corrected chi connectivity index (χ2v) is 5.86. The first-order valence-electron chi connectivity index (χ1n) is 5.64. The Hall–Kier alpha value is -0.770. The molecular formula is C14H11BrCl2FN. The highest BCUT2D eigenvalue weighted by atomic mass is 79.9. The zero-order valence-corrected chi connectivity index (χ0v) is 13.2. The summed E-state index contributed by atoms with van der Waals surface area (Å²) in [6, 6.07) is 10.2. The van der Waals surface area contributed by atoms with Crippen LogP contribution in [0.3, 0.4) is 0 Å². The van der Waals surface area contributed by atoms with E-state index in [0.717, 1.165) is 15.7 Å². The maximum Gasteiger partial charge on any atom is 0.142 e. The van der Waals surface area contributed by atoms with E-state index >= 15 is 0 Å². The van der Waals surface area contributed by atoms with E-state index < -0.39 is 5.82 Å². The lowest BCUT2D eigenvalue weighted by molar-refractivity contribution is 0.624. The van der Waals surface area contributed by atoms with E-state index in [1.165, 1.54) is 6.07 Å². The van der Waals surface area contributed by atoms with Crippen molar-refractivity contribution < 1.29 is 4.39 Å². The molecule has 1 unspecified atom stereocenters. The van der Waals surface area contributed by atoms with E-state index in [4.69, 9.17) is 23.2 Å². The van der Waals surface area contributed by atoms with Gasteiger partial charge in [-0.2, -0.15) is 0 Å². The third-order valence-corrected chi connectivity index (χ3v) is 3.94. The SMILES string of the molecule is CC(Nc1ccc(Cl)cc1Br)c1ccc(Cl)c(F)c1. The number of benzene rings is 2. The molecule has 0 bridgehead atoms. The summed E-state index contributed by atoms with van der Waals surface area (Å²) in [5.41, 5.74) is 1.72. The second kappa shape index (κ2) is 6.12. The highest BCUT2D eigenvalue weighted by Crippen LogP contribution is 2.29. The summed E-state index contributed by atoms with van der Waals surface area (Å²) in [4.78, 5) is 0. The summed E-state index contributed by atoms with van der Waals surface area (Å²) in [5.74, 6) is -0.414. The number of halogens is 4. The van der Waals surface area contributed by atoms with Crippen molar-refractivity contribution >= 4 is 44.8 Å².